The molecule has 0 bridgehead atoms. The molecule has 4 heteroatoms. The van der Waals surface area contributed by atoms with Crippen molar-refractivity contribution in [3.05, 3.63) is 41.7 Å². The van der Waals surface area contributed by atoms with Crippen molar-refractivity contribution in [2.75, 3.05) is 5.73 Å². The second kappa shape index (κ2) is 4.18. The Kier molecular flexibility index (Phi) is 2.72. The van der Waals surface area contributed by atoms with Gasteiger partial charge in [-0.1, -0.05) is 18.2 Å². The molecule has 0 spiro atoms. The normalized spacial score (nSPS) is 10.1. The molecule has 0 fully saturated rings. The zero-order valence-corrected chi connectivity index (χ0v) is 9.27. The zero-order valence-electron chi connectivity index (χ0n) is 9.27. The molecule has 0 aliphatic carbocycles. The van der Waals surface area contributed by atoms with E-state index < -0.39 is 0 Å². The van der Waals surface area contributed by atoms with Crippen molar-refractivity contribution in [1.82, 2.24) is 9.97 Å². The summed E-state index contributed by atoms with van der Waals surface area (Å²) in [4.78, 5) is 7.97. The van der Waals surface area contributed by atoms with Crippen LogP contribution in [0.5, 0.6) is 11.6 Å². The van der Waals surface area contributed by atoms with Crippen molar-refractivity contribution >= 4 is 5.82 Å². The number of aryl methyl sites for hydroxylation is 2. The highest BCUT2D eigenvalue weighted by atomic mass is 16.5. The third-order valence-electron chi connectivity index (χ3n) is 2.30. The summed E-state index contributed by atoms with van der Waals surface area (Å²) in [5.41, 5.74) is 7.76. The summed E-state index contributed by atoms with van der Waals surface area (Å²) in [6.45, 7) is 3.96. The van der Waals surface area contributed by atoms with E-state index in [1.807, 2.05) is 32.0 Å². The molecule has 0 amide bonds. The minimum absolute atomic E-state index is 0.296. The van der Waals surface area contributed by atoms with Crippen LogP contribution >= 0.6 is 0 Å². The molecule has 0 saturated carbocycles. The van der Waals surface area contributed by atoms with E-state index >= 15 is 0 Å². The van der Waals surface area contributed by atoms with E-state index in [2.05, 4.69) is 9.97 Å². The van der Waals surface area contributed by atoms with Crippen LogP contribution in [0.1, 0.15) is 11.1 Å². The first-order valence-corrected chi connectivity index (χ1v) is 4.99. The number of nitrogen functional groups attached to an aromatic ring is 1. The standard InChI is InChI=1S/C12H13N3O/c1-8-4-3-5-9(2)10(8)16-12-11(13)14-6-7-15-12/h3-7H,1-2H3,(H2,13,14). The number of para-hydroxylation sites is 1. The molecular formula is C12H13N3O. The molecule has 0 aliphatic rings. The highest BCUT2D eigenvalue weighted by Gasteiger charge is 2.08. The highest BCUT2D eigenvalue weighted by molar-refractivity contribution is 5.46. The molecule has 0 atom stereocenters. The number of hydrogen-bond donors (Lipinski definition) is 1. The molecule has 0 radical (unpaired) electrons. The third kappa shape index (κ3) is 1.95. The Morgan fingerprint density at radius 3 is 2.31 bits per heavy atom. The molecular weight excluding hydrogens is 202 g/mol. The summed E-state index contributed by atoms with van der Waals surface area (Å²) in [6.07, 6.45) is 3.09. The maximum Gasteiger partial charge on any atom is 0.262 e. The quantitative estimate of drug-likeness (QED) is 0.835. The Morgan fingerprint density at radius 1 is 1.06 bits per heavy atom. The van der Waals surface area contributed by atoms with Crippen LogP contribution < -0.4 is 10.5 Å². The first-order chi connectivity index (χ1) is 7.68. The molecule has 2 N–H and O–H groups in total. The van der Waals surface area contributed by atoms with Gasteiger partial charge in [-0.15, -0.1) is 0 Å². The van der Waals surface area contributed by atoms with Gasteiger partial charge in [-0.3, -0.25) is 0 Å². The number of nitrogens with two attached hydrogens (primary N) is 1. The SMILES string of the molecule is Cc1cccc(C)c1Oc1nccnc1N. The Balaban J connectivity index is 2.38. The first-order valence-electron chi connectivity index (χ1n) is 4.99. The summed E-state index contributed by atoms with van der Waals surface area (Å²) >= 11 is 0. The van der Waals surface area contributed by atoms with Crippen LogP contribution in [0.15, 0.2) is 30.6 Å². The van der Waals surface area contributed by atoms with Crippen molar-refractivity contribution in [1.29, 1.82) is 0 Å². The molecule has 82 valence electrons. The van der Waals surface area contributed by atoms with E-state index in [-0.39, 0.29) is 0 Å². The lowest BCUT2D eigenvalue weighted by Gasteiger charge is -2.11. The molecule has 1 aromatic carbocycles. The van der Waals surface area contributed by atoms with Gasteiger partial charge in [0.05, 0.1) is 0 Å². The fourth-order valence-electron chi connectivity index (χ4n) is 1.47. The highest BCUT2D eigenvalue weighted by Crippen LogP contribution is 2.29. The number of anilines is 1. The average Bonchev–Trinajstić information content (AvgIpc) is 2.26. The number of hydrogen-bond acceptors (Lipinski definition) is 4. The Hall–Kier alpha value is -2.10. The summed E-state index contributed by atoms with van der Waals surface area (Å²) in [7, 11) is 0. The van der Waals surface area contributed by atoms with Gasteiger partial charge in [0, 0.05) is 12.4 Å². The smallest absolute Gasteiger partial charge is 0.262 e. The van der Waals surface area contributed by atoms with Crippen LogP contribution in [0, 0.1) is 13.8 Å². The molecule has 2 aromatic rings. The number of ether oxygens (including phenoxy) is 1. The average molecular weight is 215 g/mol. The van der Waals surface area contributed by atoms with Gasteiger partial charge < -0.3 is 10.5 Å². The number of aromatic nitrogens is 2. The van der Waals surface area contributed by atoms with Gasteiger partial charge in [0.1, 0.15) is 5.75 Å². The molecule has 16 heavy (non-hydrogen) atoms. The largest absolute Gasteiger partial charge is 0.435 e. The molecule has 0 aliphatic heterocycles. The van der Waals surface area contributed by atoms with Gasteiger partial charge in [0.2, 0.25) is 0 Å². The molecule has 1 aromatic heterocycles. The first kappa shape index (κ1) is 10.4. The van der Waals surface area contributed by atoms with Crippen LogP contribution in [0.4, 0.5) is 5.82 Å². The lowest BCUT2D eigenvalue weighted by atomic mass is 10.1. The van der Waals surface area contributed by atoms with E-state index in [0.29, 0.717) is 11.7 Å². The maximum absolute atomic E-state index is 5.67. The Morgan fingerprint density at radius 2 is 1.69 bits per heavy atom. The van der Waals surface area contributed by atoms with Crippen molar-refractivity contribution in [2.45, 2.75) is 13.8 Å². The second-order valence-corrected chi connectivity index (χ2v) is 3.57. The monoisotopic (exact) mass is 215 g/mol. The van der Waals surface area contributed by atoms with Crippen molar-refractivity contribution in [3.8, 4) is 11.6 Å². The summed E-state index contributed by atoms with van der Waals surface area (Å²) in [5, 5.41) is 0. The van der Waals surface area contributed by atoms with E-state index in [0.717, 1.165) is 16.9 Å². The minimum Gasteiger partial charge on any atom is -0.435 e. The minimum atomic E-state index is 0.296. The van der Waals surface area contributed by atoms with Crippen molar-refractivity contribution < 1.29 is 4.74 Å². The van der Waals surface area contributed by atoms with E-state index in [4.69, 9.17) is 10.5 Å². The number of rotatable bonds is 2. The Bertz CT molecular complexity index is 491. The van der Waals surface area contributed by atoms with Crippen LogP contribution in [0.25, 0.3) is 0 Å². The van der Waals surface area contributed by atoms with E-state index in [9.17, 15) is 0 Å². The fraction of sp³-hybridized carbons (Fsp3) is 0.167. The lowest BCUT2D eigenvalue weighted by Crippen LogP contribution is -1.99. The van der Waals surface area contributed by atoms with Crippen LogP contribution in [0.2, 0.25) is 0 Å². The van der Waals surface area contributed by atoms with Crippen molar-refractivity contribution in [3.63, 3.8) is 0 Å². The van der Waals surface area contributed by atoms with Gasteiger partial charge in [-0.25, -0.2) is 9.97 Å². The molecule has 0 unspecified atom stereocenters. The van der Waals surface area contributed by atoms with Gasteiger partial charge in [-0.2, -0.15) is 0 Å². The summed E-state index contributed by atoms with van der Waals surface area (Å²) < 4.78 is 5.67. The van der Waals surface area contributed by atoms with Crippen LogP contribution in [-0.4, -0.2) is 9.97 Å². The maximum atomic E-state index is 5.67. The topological polar surface area (TPSA) is 61.0 Å². The third-order valence-corrected chi connectivity index (χ3v) is 2.30. The van der Waals surface area contributed by atoms with Crippen LogP contribution in [-0.2, 0) is 0 Å². The van der Waals surface area contributed by atoms with E-state index in [1.165, 1.54) is 6.20 Å². The van der Waals surface area contributed by atoms with Gasteiger partial charge in [0.15, 0.2) is 5.82 Å². The predicted molar refractivity (Wildman–Crippen MR) is 62.4 cm³/mol. The number of benzene rings is 1. The predicted octanol–water partition coefficient (Wildman–Crippen LogP) is 2.47. The van der Waals surface area contributed by atoms with Crippen LogP contribution in [0.3, 0.4) is 0 Å². The second-order valence-electron chi connectivity index (χ2n) is 3.57. The molecule has 0 saturated heterocycles. The van der Waals surface area contributed by atoms with Gasteiger partial charge in [-0.05, 0) is 25.0 Å². The fourth-order valence-corrected chi connectivity index (χ4v) is 1.47. The van der Waals surface area contributed by atoms with Gasteiger partial charge in [0.25, 0.3) is 5.88 Å². The molecule has 2 rings (SSSR count). The summed E-state index contributed by atoms with van der Waals surface area (Å²) in [6, 6.07) is 5.95. The van der Waals surface area contributed by atoms with E-state index in [1.54, 1.807) is 6.20 Å². The lowest BCUT2D eigenvalue weighted by molar-refractivity contribution is 0.456. The molecule has 4 nitrogen and oxygen atoms in total. The number of nitrogens with zero attached hydrogens (tertiary/aromatic N) is 2. The Labute approximate surface area is 94.1 Å². The zero-order chi connectivity index (χ0) is 11.5. The molecule has 1 heterocycles. The van der Waals surface area contributed by atoms with Crippen molar-refractivity contribution in [2.24, 2.45) is 0 Å². The summed E-state index contributed by atoms with van der Waals surface area (Å²) in [5.74, 6) is 1.43. The van der Waals surface area contributed by atoms with Gasteiger partial charge >= 0.3 is 0 Å².